The SMILES string of the molecule is CCOc1ccc([C@@H]2C(C(=O)O[C@H](C)CC)=C(C)NC3=C2C(=O)C[C@H](c2ccc(OC)c(OC)c2)C3)cc1OC. The highest BCUT2D eigenvalue weighted by atomic mass is 16.5. The molecule has 0 spiro atoms. The van der Waals surface area contributed by atoms with Crippen LogP contribution in [0.15, 0.2) is 58.9 Å². The summed E-state index contributed by atoms with van der Waals surface area (Å²) in [6, 6.07) is 11.3. The van der Waals surface area contributed by atoms with Gasteiger partial charge in [0.15, 0.2) is 28.8 Å². The molecule has 2 aliphatic rings. The Bertz CT molecular complexity index is 1340. The van der Waals surface area contributed by atoms with Crippen LogP contribution in [0.3, 0.4) is 0 Å². The molecule has 0 unspecified atom stereocenters. The van der Waals surface area contributed by atoms with E-state index in [1.54, 1.807) is 21.3 Å². The average Bonchev–Trinajstić information content (AvgIpc) is 2.96. The van der Waals surface area contributed by atoms with Gasteiger partial charge in [-0.25, -0.2) is 4.79 Å². The summed E-state index contributed by atoms with van der Waals surface area (Å²) in [7, 11) is 4.77. The molecular weight excluding hydrogens is 510 g/mol. The second kappa shape index (κ2) is 12.5. The minimum Gasteiger partial charge on any atom is -0.493 e. The fourth-order valence-corrected chi connectivity index (χ4v) is 5.45. The van der Waals surface area contributed by atoms with Gasteiger partial charge in [-0.15, -0.1) is 0 Å². The van der Waals surface area contributed by atoms with Gasteiger partial charge in [-0.3, -0.25) is 4.79 Å². The van der Waals surface area contributed by atoms with Crippen molar-refractivity contribution in [1.82, 2.24) is 5.32 Å². The maximum absolute atomic E-state index is 14.0. The van der Waals surface area contributed by atoms with E-state index in [0.29, 0.717) is 65.7 Å². The summed E-state index contributed by atoms with van der Waals surface area (Å²) in [5.74, 6) is 1.28. The lowest BCUT2D eigenvalue weighted by Crippen LogP contribution is -2.36. The number of carbonyl (C=O) groups excluding carboxylic acids is 2. The summed E-state index contributed by atoms with van der Waals surface area (Å²) in [6.07, 6.45) is 1.34. The molecule has 1 aliphatic carbocycles. The topological polar surface area (TPSA) is 92.3 Å². The van der Waals surface area contributed by atoms with E-state index in [9.17, 15) is 9.59 Å². The predicted octanol–water partition coefficient (Wildman–Crippen LogP) is 5.81. The molecule has 2 aromatic rings. The molecular formula is C32H39NO7. The number of benzene rings is 2. The van der Waals surface area contributed by atoms with E-state index in [1.165, 1.54) is 0 Å². The first-order chi connectivity index (χ1) is 19.3. The predicted molar refractivity (Wildman–Crippen MR) is 152 cm³/mol. The van der Waals surface area contributed by atoms with E-state index in [-0.39, 0.29) is 17.8 Å². The number of rotatable bonds is 10. The van der Waals surface area contributed by atoms with Crippen LogP contribution in [0.5, 0.6) is 23.0 Å². The van der Waals surface area contributed by atoms with Gasteiger partial charge in [0.2, 0.25) is 0 Å². The van der Waals surface area contributed by atoms with Crippen molar-refractivity contribution < 1.29 is 33.3 Å². The van der Waals surface area contributed by atoms with Crippen LogP contribution in [0.2, 0.25) is 0 Å². The Hall–Kier alpha value is -3.94. The van der Waals surface area contributed by atoms with Gasteiger partial charge in [0.1, 0.15) is 0 Å². The van der Waals surface area contributed by atoms with Gasteiger partial charge < -0.3 is 29.0 Å². The molecule has 0 bridgehead atoms. The molecule has 8 heteroatoms. The molecule has 4 rings (SSSR count). The Morgan fingerprint density at radius 2 is 1.55 bits per heavy atom. The molecule has 3 atom stereocenters. The van der Waals surface area contributed by atoms with E-state index >= 15 is 0 Å². The zero-order valence-corrected chi connectivity index (χ0v) is 24.4. The normalized spacial score (nSPS) is 19.4. The Labute approximate surface area is 236 Å². The maximum Gasteiger partial charge on any atom is 0.337 e. The highest BCUT2D eigenvalue weighted by molar-refractivity contribution is 6.04. The fourth-order valence-electron chi connectivity index (χ4n) is 5.45. The minimum atomic E-state index is -0.601. The Kier molecular flexibility index (Phi) is 9.07. The fraction of sp³-hybridized carbons (Fsp3) is 0.438. The third-order valence-corrected chi connectivity index (χ3v) is 7.63. The first kappa shape index (κ1) is 29.1. The molecule has 0 saturated carbocycles. The average molecular weight is 550 g/mol. The Morgan fingerprint density at radius 1 is 0.925 bits per heavy atom. The van der Waals surface area contributed by atoms with Gasteiger partial charge >= 0.3 is 5.97 Å². The van der Waals surface area contributed by atoms with Crippen molar-refractivity contribution in [2.75, 3.05) is 27.9 Å². The van der Waals surface area contributed by atoms with Crippen LogP contribution in [-0.4, -0.2) is 45.8 Å². The largest absolute Gasteiger partial charge is 0.493 e. The molecule has 0 saturated heterocycles. The Morgan fingerprint density at radius 3 is 2.20 bits per heavy atom. The van der Waals surface area contributed by atoms with Gasteiger partial charge in [-0.2, -0.15) is 0 Å². The lowest BCUT2D eigenvalue weighted by molar-refractivity contribution is -0.144. The van der Waals surface area contributed by atoms with Crippen LogP contribution < -0.4 is 24.3 Å². The third kappa shape index (κ3) is 5.67. The van der Waals surface area contributed by atoms with Crippen LogP contribution in [0.1, 0.15) is 69.9 Å². The number of esters is 1. The molecule has 40 heavy (non-hydrogen) atoms. The highest BCUT2D eigenvalue weighted by Crippen LogP contribution is 2.47. The zero-order valence-electron chi connectivity index (χ0n) is 24.4. The van der Waals surface area contributed by atoms with Crippen LogP contribution in [0.4, 0.5) is 0 Å². The number of ether oxygens (including phenoxy) is 5. The summed E-state index contributed by atoms with van der Waals surface area (Å²) in [5, 5.41) is 3.41. The quantitative estimate of drug-likeness (QED) is 0.371. The highest BCUT2D eigenvalue weighted by Gasteiger charge is 2.42. The molecule has 0 fully saturated rings. The number of allylic oxidation sites excluding steroid dienone is 3. The third-order valence-electron chi connectivity index (χ3n) is 7.63. The molecule has 1 heterocycles. The monoisotopic (exact) mass is 549 g/mol. The second-order valence-electron chi connectivity index (χ2n) is 10.1. The standard InChI is InChI=1S/C32H39NO7/c1-8-18(3)40-32(35)29-19(4)33-23-14-22(20-10-12-25(36-5)27(16-20)37-6)15-24(34)31(23)30(29)21-11-13-26(39-9-2)28(17-21)38-7/h10-13,16-18,22,30,33H,8-9,14-15H2,1-7H3/t18-,22-,30-/m1/s1. The van der Waals surface area contributed by atoms with E-state index in [0.717, 1.165) is 16.8 Å². The minimum absolute atomic E-state index is 0.0206. The van der Waals surface area contributed by atoms with Gasteiger partial charge in [0.05, 0.1) is 39.6 Å². The summed E-state index contributed by atoms with van der Waals surface area (Å²) in [5.41, 5.74) is 4.26. The molecule has 1 N–H and O–H groups in total. The number of methoxy groups -OCH3 is 3. The molecule has 0 aromatic heterocycles. The van der Waals surface area contributed by atoms with Crippen molar-refractivity contribution in [2.45, 2.75) is 64.9 Å². The first-order valence-corrected chi connectivity index (χ1v) is 13.7. The molecule has 214 valence electrons. The summed E-state index contributed by atoms with van der Waals surface area (Å²) >= 11 is 0. The molecule has 2 aromatic carbocycles. The van der Waals surface area contributed by atoms with Crippen LogP contribution in [0.25, 0.3) is 0 Å². The van der Waals surface area contributed by atoms with E-state index in [2.05, 4.69) is 5.32 Å². The number of hydrogen-bond donors (Lipinski definition) is 1. The van der Waals surface area contributed by atoms with Gasteiger partial charge in [-0.1, -0.05) is 19.1 Å². The lowest BCUT2D eigenvalue weighted by Gasteiger charge is -2.37. The molecule has 1 aliphatic heterocycles. The Balaban J connectivity index is 1.80. The van der Waals surface area contributed by atoms with E-state index in [4.69, 9.17) is 23.7 Å². The zero-order chi connectivity index (χ0) is 29.0. The van der Waals surface area contributed by atoms with Crippen LogP contribution in [-0.2, 0) is 14.3 Å². The number of carbonyl (C=O) groups is 2. The van der Waals surface area contributed by atoms with Gasteiger partial charge in [0.25, 0.3) is 0 Å². The number of Topliss-reactive ketones (excluding diaryl/α,β-unsaturated/α-hetero) is 1. The second-order valence-corrected chi connectivity index (χ2v) is 10.1. The molecule has 0 amide bonds. The van der Waals surface area contributed by atoms with E-state index in [1.807, 2.05) is 64.1 Å². The summed E-state index contributed by atoms with van der Waals surface area (Å²) in [4.78, 5) is 27.5. The van der Waals surface area contributed by atoms with Crippen molar-refractivity contribution in [3.63, 3.8) is 0 Å². The van der Waals surface area contributed by atoms with Crippen molar-refractivity contribution in [3.05, 3.63) is 70.1 Å². The summed E-state index contributed by atoms with van der Waals surface area (Å²) < 4.78 is 28.0. The smallest absolute Gasteiger partial charge is 0.337 e. The number of ketones is 1. The number of nitrogens with one attached hydrogen (secondary N) is 1. The summed E-state index contributed by atoms with van der Waals surface area (Å²) in [6.45, 7) is 8.08. The number of hydrogen-bond acceptors (Lipinski definition) is 8. The maximum atomic E-state index is 14.0. The van der Waals surface area contributed by atoms with Crippen molar-refractivity contribution in [1.29, 1.82) is 0 Å². The van der Waals surface area contributed by atoms with Crippen LogP contribution in [0, 0.1) is 0 Å². The van der Waals surface area contributed by atoms with Crippen molar-refractivity contribution in [2.24, 2.45) is 0 Å². The molecule has 8 nitrogen and oxygen atoms in total. The van der Waals surface area contributed by atoms with Crippen molar-refractivity contribution in [3.8, 4) is 23.0 Å². The van der Waals surface area contributed by atoms with Crippen molar-refractivity contribution >= 4 is 11.8 Å². The molecule has 0 radical (unpaired) electrons. The lowest BCUT2D eigenvalue weighted by atomic mass is 9.71. The van der Waals surface area contributed by atoms with Crippen LogP contribution >= 0.6 is 0 Å². The first-order valence-electron chi connectivity index (χ1n) is 13.7. The van der Waals surface area contributed by atoms with E-state index < -0.39 is 11.9 Å². The van der Waals surface area contributed by atoms with Gasteiger partial charge in [-0.05, 0) is 74.9 Å². The van der Waals surface area contributed by atoms with Gasteiger partial charge in [0, 0.05) is 29.3 Å². The number of dihydropyridines is 1.